The summed E-state index contributed by atoms with van der Waals surface area (Å²) in [6, 6.07) is 12.2. The number of ether oxygens (including phenoxy) is 2. The summed E-state index contributed by atoms with van der Waals surface area (Å²) >= 11 is 0. The Labute approximate surface area is 185 Å². The van der Waals surface area contributed by atoms with Gasteiger partial charge in [0.2, 0.25) is 15.9 Å². The molecule has 0 atom stereocenters. The van der Waals surface area contributed by atoms with Gasteiger partial charge in [-0.25, -0.2) is 8.42 Å². The molecule has 11 heteroatoms. The Bertz CT molecular complexity index is 1010. The molecule has 1 fully saturated rings. The van der Waals surface area contributed by atoms with E-state index in [-0.39, 0.29) is 36.0 Å². The number of halogens is 2. The molecule has 1 N–H and O–H groups in total. The summed E-state index contributed by atoms with van der Waals surface area (Å²) in [5.74, 6) is 0.0723. The van der Waals surface area contributed by atoms with E-state index in [1.54, 1.807) is 23.1 Å². The third-order valence-electron chi connectivity index (χ3n) is 4.85. The van der Waals surface area contributed by atoms with Crippen LogP contribution < -0.4 is 14.8 Å². The summed E-state index contributed by atoms with van der Waals surface area (Å²) < 4.78 is 61.9. The lowest BCUT2D eigenvalue weighted by Gasteiger charge is -2.33. The predicted octanol–water partition coefficient (Wildman–Crippen LogP) is 2.63. The Morgan fingerprint density at radius 3 is 2.34 bits per heavy atom. The number of hydrogen-bond acceptors (Lipinski definition) is 6. The van der Waals surface area contributed by atoms with Crippen LogP contribution in [0.2, 0.25) is 0 Å². The number of amides is 1. The monoisotopic (exact) mass is 469 g/mol. The maximum absolute atomic E-state index is 12.9. The Morgan fingerprint density at radius 2 is 1.72 bits per heavy atom. The fraction of sp³-hybridized carbons (Fsp3) is 0.381. The zero-order valence-corrected chi connectivity index (χ0v) is 18.4. The van der Waals surface area contributed by atoms with Gasteiger partial charge in [-0.1, -0.05) is 12.1 Å². The molecule has 0 unspecified atom stereocenters. The average Bonchev–Trinajstić information content (AvgIpc) is 2.76. The van der Waals surface area contributed by atoms with E-state index in [0.29, 0.717) is 25.4 Å². The summed E-state index contributed by atoms with van der Waals surface area (Å²) in [6.07, 6.45) is 0. The molecule has 1 heterocycles. The van der Waals surface area contributed by atoms with Crippen molar-refractivity contribution in [1.29, 1.82) is 0 Å². The van der Waals surface area contributed by atoms with E-state index in [2.05, 4.69) is 10.1 Å². The Kier molecular flexibility index (Phi) is 7.99. The molecule has 3 rings (SSSR count). The van der Waals surface area contributed by atoms with Gasteiger partial charge >= 0.3 is 6.61 Å². The molecule has 8 nitrogen and oxygen atoms in total. The van der Waals surface area contributed by atoms with Gasteiger partial charge in [0.15, 0.2) is 0 Å². The molecule has 0 saturated carbocycles. The zero-order valence-electron chi connectivity index (χ0n) is 17.5. The van der Waals surface area contributed by atoms with Crippen molar-refractivity contribution in [2.75, 3.05) is 44.6 Å². The number of anilines is 1. The van der Waals surface area contributed by atoms with Gasteiger partial charge in [-0.15, -0.1) is 0 Å². The summed E-state index contributed by atoms with van der Waals surface area (Å²) in [5, 5.41) is 2.56. The SMILES string of the molecule is CCOc1ccc(S(=O)(=O)N2CCN(CC(=O)Nc3ccccc3OC(F)F)CC2)cc1. The number of hydrogen-bond donors (Lipinski definition) is 1. The minimum absolute atomic E-state index is 0.0000456. The largest absolute Gasteiger partial charge is 0.494 e. The van der Waals surface area contributed by atoms with Crippen LogP contribution in [0.4, 0.5) is 14.5 Å². The van der Waals surface area contributed by atoms with E-state index in [9.17, 15) is 22.0 Å². The molecule has 0 aliphatic carbocycles. The number of nitrogens with zero attached hydrogens (tertiary/aromatic N) is 2. The van der Waals surface area contributed by atoms with Crippen molar-refractivity contribution < 1.29 is 31.5 Å². The predicted molar refractivity (Wildman–Crippen MR) is 115 cm³/mol. The summed E-state index contributed by atoms with van der Waals surface area (Å²) in [5.41, 5.74) is 0.148. The molecule has 174 valence electrons. The number of nitrogens with one attached hydrogen (secondary N) is 1. The number of alkyl halides is 2. The molecule has 0 spiro atoms. The van der Waals surface area contributed by atoms with Crippen LogP contribution in [0.25, 0.3) is 0 Å². The molecule has 1 amide bonds. The third kappa shape index (κ3) is 6.15. The van der Waals surface area contributed by atoms with Gasteiger partial charge in [0, 0.05) is 26.2 Å². The topological polar surface area (TPSA) is 88.2 Å². The first kappa shape index (κ1) is 23.9. The number of sulfonamides is 1. The van der Waals surface area contributed by atoms with Crippen LogP contribution in [0.1, 0.15) is 6.92 Å². The van der Waals surface area contributed by atoms with Crippen LogP contribution in [-0.2, 0) is 14.8 Å². The smallest absolute Gasteiger partial charge is 0.387 e. The second-order valence-electron chi connectivity index (χ2n) is 7.01. The lowest BCUT2D eigenvalue weighted by molar-refractivity contribution is -0.117. The number of rotatable bonds is 9. The number of carbonyl (C=O) groups is 1. The molecule has 0 radical (unpaired) electrons. The Hall–Kier alpha value is -2.76. The molecule has 0 bridgehead atoms. The van der Waals surface area contributed by atoms with Crippen molar-refractivity contribution >= 4 is 21.6 Å². The van der Waals surface area contributed by atoms with Crippen molar-refractivity contribution in [3.05, 3.63) is 48.5 Å². The zero-order chi connectivity index (χ0) is 23.1. The number of benzene rings is 2. The molecule has 2 aromatic carbocycles. The number of carbonyl (C=O) groups excluding carboxylic acids is 1. The highest BCUT2D eigenvalue weighted by atomic mass is 32.2. The maximum atomic E-state index is 12.9. The first-order valence-corrected chi connectivity index (χ1v) is 11.5. The molecular formula is C21H25F2N3O5S. The lowest BCUT2D eigenvalue weighted by atomic mass is 10.3. The molecule has 32 heavy (non-hydrogen) atoms. The first-order valence-electron chi connectivity index (χ1n) is 10.1. The minimum atomic E-state index is -3.65. The van der Waals surface area contributed by atoms with E-state index < -0.39 is 22.5 Å². The fourth-order valence-corrected chi connectivity index (χ4v) is 4.74. The molecule has 1 aliphatic heterocycles. The van der Waals surface area contributed by atoms with Crippen LogP contribution in [-0.4, -0.2) is 69.5 Å². The van der Waals surface area contributed by atoms with Crippen molar-refractivity contribution in [2.24, 2.45) is 0 Å². The van der Waals surface area contributed by atoms with Crippen molar-refractivity contribution in [2.45, 2.75) is 18.4 Å². The molecular weight excluding hydrogens is 444 g/mol. The van der Waals surface area contributed by atoms with Gasteiger partial charge < -0.3 is 14.8 Å². The Morgan fingerprint density at radius 1 is 1.06 bits per heavy atom. The highest BCUT2D eigenvalue weighted by molar-refractivity contribution is 7.89. The van der Waals surface area contributed by atoms with Gasteiger partial charge in [-0.2, -0.15) is 13.1 Å². The molecule has 1 aliphatic rings. The van der Waals surface area contributed by atoms with E-state index in [0.717, 1.165) is 0 Å². The van der Waals surface area contributed by atoms with Crippen molar-refractivity contribution in [3.8, 4) is 11.5 Å². The molecule has 2 aromatic rings. The van der Waals surface area contributed by atoms with Crippen LogP contribution in [0.5, 0.6) is 11.5 Å². The normalized spacial score (nSPS) is 15.5. The first-order chi connectivity index (χ1) is 15.3. The summed E-state index contributed by atoms with van der Waals surface area (Å²) in [6.45, 7) is 0.519. The van der Waals surface area contributed by atoms with Gasteiger partial charge in [0.1, 0.15) is 11.5 Å². The number of para-hydroxylation sites is 2. The van der Waals surface area contributed by atoms with Gasteiger partial charge in [0.25, 0.3) is 0 Å². The van der Waals surface area contributed by atoms with Crippen molar-refractivity contribution in [1.82, 2.24) is 9.21 Å². The quantitative estimate of drug-likeness (QED) is 0.608. The van der Waals surface area contributed by atoms with Gasteiger partial charge in [-0.05, 0) is 43.3 Å². The highest BCUT2D eigenvalue weighted by Gasteiger charge is 2.29. The van der Waals surface area contributed by atoms with Crippen LogP contribution in [0.3, 0.4) is 0 Å². The summed E-state index contributed by atoms with van der Waals surface area (Å²) in [4.78, 5) is 14.3. The standard InChI is InChI=1S/C21H25F2N3O5S/c1-2-30-16-7-9-17(10-8-16)32(28,29)26-13-11-25(12-14-26)15-20(27)24-18-5-3-4-6-19(18)31-21(22)23/h3-10,21H,2,11-15H2,1H3,(H,24,27). The lowest BCUT2D eigenvalue weighted by Crippen LogP contribution is -2.50. The van der Waals surface area contributed by atoms with Crippen LogP contribution in [0.15, 0.2) is 53.4 Å². The third-order valence-corrected chi connectivity index (χ3v) is 6.76. The fourth-order valence-electron chi connectivity index (χ4n) is 3.31. The van der Waals surface area contributed by atoms with E-state index in [1.165, 1.54) is 34.6 Å². The van der Waals surface area contributed by atoms with Gasteiger partial charge in [0.05, 0.1) is 23.7 Å². The van der Waals surface area contributed by atoms with Crippen LogP contribution >= 0.6 is 0 Å². The second kappa shape index (κ2) is 10.7. The van der Waals surface area contributed by atoms with E-state index in [4.69, 9.17) is 4.74 Å². The number of piperazine rings is 1. The minimum Gasteiger partial charge on any atom is -0.494 e. The average molecular weight is 470 g/mol. The van der Waals surface area contributed by atoms with E-state index >= 15 is 0 Å². The summed E-state index contributed by atoms with van der Waals surface area (Å²) in [7, 11) is -3.65. The van der Waals surface area contributed by atoms with Gasteiger partial charge in [-0.3, -0.25) is 9.69 Å². The second-order valence-corrected chi connectivity index (χ2v) is 8.95. The highest BCUT2D eigenvalue weighted by Crippen LogP contribution is 2.25. The molecule has 1 saturated heterocycles. The van der Waals surface area contributed by atoms with Crippen molar-refractivity contribution in [3.63, 3.8) is 0 Å². The molecule has 0 aromatic heterocycles. The maximum Gasteiger partial charge on any atom is 0.387 e. The van der Waals surface area contributed by atoms with E-state index in [1.807, 2.05) is 6.92 Å². The van der Waals surface area contributed by atoms with Crippen LogP contribution in [0, 0.1) is 0 Å². The Balaban J connectivity index is 1.54.